The molecular formula is C27H34Cl2N2O4. The van der Waals surface area contributed by atoms with Gasteiger partial charge in [-0.25, -0.2) is 4.79 Å². The fourth-order valence-electron chi connectivity index (χ4n) is 4.96. The van der Waals surface area contributed by atoms with E-state index in [2.05, 4.69) is 9.80 Å². The van der Waals surface area contributed by atoms with Crippen LogP contribution in [0, 0.1) is 12.8 Å². The second-order valence-corrected chi connectivity index (χ2v) is 10.4. The monoisotopic (exact) mass is 520 g/mol. The number of para-hydroxylation sites is 1. The number of nitrogens with zero attached hydrogens (tertiary/aromatic N) is 2. The van der Waals surface area contributed by atoms with Crippen LogP contribution in [0.2, 0.25) is 10.0 Å². The van der Waals surface area contributed by atoms with Gasteiger partial charge in [-0.3, -0.25) is 4.90 Å². The standard InChI is InChI=1S/C27H34Cl2N2O4/c1-19-23(28)6-7-25(27(19)29)35-22-10-14-30(15-11-22)16-20-8-12-31(13-9-20)17-21-4-2-3-5-24(21)34-18-26(32)33/h2-7,20,22H,8-18H2,1H3,(H,32,33). The molecule has 1 N–H and O–H groups in total. The molecule has 0 radical (unpaired) electrons. The summed E-state index contributed by atoms with van der Waals surface area (Å²) in [6.45, 7) is 7.72. The van der Waals surface area contributed by atoms with Crippen molar-refractivity contribution in [2.75, 3.05) is 39.3 Å². The number of hydrogen-bond acceptors (Lipinski definition) is 5. The number of hydrogen-bond donors (Lipinski definition) is 1. The number of ether oxygens (including phenoxy) is 2. The molecule has 8 heteroatoms. The summed E-state index contributed by atoms with van der Waals surface area (Å²) < 4.78 is 11.7. The van der Waals surface area contributed by atoms with E-state index in [9.17, 15) is 4.79 Å². The highest BCUT2D eigenvalue weighted by Crippen LogP contribution is 2.34. The number of halogens is 2. The van der Waals surface area contributed by atoms with E-state index in [0.29, 0.717) is 21.7 Å². The summed E-state index contributed by atoms with van der Waals surface area (Å²) in [4.78, 5) is 15.9. The highest BCUT2D eigenvalue weighted by atomic mass is 35.5. The van der Waals surface area contributed by atoms with Gasteiger partial charge < -0.3 is 19.5 Å². The SMILES string of the molecule is Cc1c(Cl)ccc(OC2CCN(CC3CCN(Cc4ccccc4OCC(=O)O)CC3)CC2)c1Cl. The van der Waals surface area contributed by atoms with Crippen molar-refractivity contribution in [2.45, 2.75) is 45.3 Å². The molecule has 35 heavy (non-hydrogen) atoms. The molecule has 2 fully saturated rings. The molecule has 2 aliphatic heterocycles. The highest BCUT2D eigenvalue weighted by molar-refractivity contribution is 6.36. The Morgan fingerprint density at radius 3 is 2.37 bits per heavy atom. The predicted octanol–water partition coefficient (Wildman–Crippen LogP) is 5.52. The van der Waals surface area contributed by atoms with Crippen LogP contribution in [0.4, 0.5) is 0 Å². The van der Waals surface area contributed by atoms with Gasteiger partial charge in [0.1, 0.15) is 17.6 Å². The summed E-state index contributed by atoms with van der Waals surface area (Å²) in [5, 5.41) is 10.2. The molecule has 6 nitrogen and oxygen atoms in total. The number of aliphatic carboxylic acids is 1. The number of carbonyl (C=O) groups is 1. The summed E-state index contributed by atoms with van der Waals surface area (Å²) in [5.74, 6) is 1.14. The Hall–Kier alpha value is -1.99. The Labute approximate surface area is 217 Å². The summed E-state index contributed by atoms with van der Waals surface area (Å²) in [6, 6.07) is 11.4. The summed E-state index contributed by atoms with van der Waals surface area (Å²) in [6.07, 6.45) is 4.55. The molecule has 0 aliphatic carbocycles. The molecule has 0 unspecified atom stereocenters. The van der Waals surface area contributed by atoms with Gasteiger partial charge in [0, 0.05) is 36.8 Å². The van der Waals surface area contributed by atoms with Crippen molar-refractivity contribution < 1.29 is 19.4 Å². The molecule has 2 aromatic rings. The number of benzene rings is 2. The van der Waals surface area contributed by atoms with Gasteiger partial charge in [0.25, 0.3) is 0 Å². The summed E-state index contributed by atoms with van der Waals surface area (Å²) in [5.41, 5.74) is 1.91. The number of rotatable bonds is 9. The first-order valence-electron chi connectivity index (χ1n) is 12.4. The fourth-order valence-corrected chi connectivity index (χ4v) is 5.38. The quantitative estimate of drug-likeness (QED) is 0.469. The molecule has 4 rings (SSSR count). The third-order valence-electron chi connectivity index (χ3n) is 7.05. The van der Waals surface area contributed by atoms with Gasteiger partial charge in [-0.15, -0.1) is 0 Å². The Bertz CT molecular complexity index is 1000. The van der Waals surface area contributed by atoms with E-state index in [0.717, 1.165) is 69.0 Å². The Balaban J connectivity index is 1.19. The summed E-state index contributed by atoms with van der Waals surface area (Å²) in [7, 11) is 0. The smallest absolute Gasteiger partial charge is 0.341 e. The first-order valence-corrected chi connectivity index (χ1v) is 13.1. The Morgan fingerprint density at radius 1 is 0.971 bits per heavy atom. The van der Waals surface area contributed by atoms with Crippen molar-refractivity contribution in [1.82, 2.24) is 9.80 Å². The molecule has 0 saturated carbocycles. The average molecular weight is 521 g/mol. The van der Waals surface area contributed by atoms with Crippen LogP contribution in [0.1, 0.15) is 36.8 Å². The van der Waals surface area contributed by atoms with Gasteiger partial charge in [-0.2, -0.15) is 0 Å². The molecule has 0 aromatic heterocycles. The Morgan fingerprint density at radius 2 is 1.66 bits per heavy atom. The minimum absolute atomic E-state index is 0.189. The third-order valence-corrected chi connectivity index (χ3v) is 7.93. The van der Waals surface area contributed by atoms with Crippen molar-refractivity contribution in [2.24, 2.45) is 5.92 Å². The van der Waals surface area contributed by atoms with Crippen molar-refractivity contribution >= 4 is 29.2 Å². The second-order valence-electron chi connectivity index (χ2n) is 9.61. The van der Waals surface area contributed by atoms with Crippen LogP contribution >= 0.6 is 23.2 Å². The van der Waals surface area contributed by atoms with Crippen LogP contribution in [-0.2, 0) is 11.3 Å². The first-order chi connectivity index (χ1) is 16.9. The van der Waals surface area contributed by atoms with E-state index in [1.54, 1.807) is 0 Å². The van der Waals surface area contributed by atoms with Gasteiger partial charge in [0.15, 0.2) is 6.61 Å². The van der Waals surface area contributed by atoms with Crippen LogP contribution in [-0.4, -0.2) is 66.3 Å². The maximum Gasteiger partial charge on any atom is 0.341 e. The van der Waals surface area contributed by atoms with Crippen LogP contribution in [0.5, 0.6) is 11.5 Å². The van der Waals surface area contributed by atoms with Gasteiger partial charge in [-0.1, -0.05) is 41.4 Å². The van der Waals surface area contributed by atoms with E-state index in [1.165, 1.54) is 12.8 Å². The number of likely N-dealkylation sites (tertiary alicyclic amines) is 2. The van der Waals surface area contributed by atoms with Gasteiger partial charge in [0.05, 0.1) is 5.02 Å². The minimum atomic E-state index is -0.958. The van der Waals surface area contributed by atoms with Crippen LogP contribution in [0.3, 0.4) is 0 Å². The largest absolute Gasteiger partial charge is 0.489 e. The van der Waals surface area contributed by atoms with Crippen molar-refractivity contribution in [1.29, 1.82) is 0 Å². The molecule has 0 atom stereocenters. The van der Waals surface area contributed by atoms with Gasteiger partial charge in [-0.05, 0) is 75.4 Å². The van der Waals surface area contributed by atoms with E-state index in [4.69, 9.17) is 37.8 Å². The lowest BCUT2D eigenvalue weighted by molar-refractivity contribution is -0.139. The maximum absolute atomic E-state index is 10.9. The molecule has 2 aliphatic rings. The third kappa shape index (κ3) is 7.26. The van der Waals surface area contributed by atoms with Gasteiger partial charge in [0.2, 0.25) is 0 Å². The van der Waals surface area contributed by atoms with E-state index >= 15 is 0 Å². The number of carboxylic acids is 1. The number of piperidine rings is 2. The van der Waals surface area contributed by atoms with Crippen LogP contribution < -0.4 is 9.47 Å². The first kappa shape index (κ1) is 26.1. The van der Waals surface area contributed by atoms with Crippen molar-refractivity contribution in [3.05, 3.63) is 57.6 Å². The van der Waals surface area contributed by atoms with E-state index in [-0.39, 0.29) is 12.7 Å². The average Bonchev–Trinajstić information content (AvgIpc) is 2.86. The highest BCUT2D eigenvalue weighted by Gasteiger charge is 2.26. The summed E-state index contributed by atoms with van der Waals surface area (Å²) >= 11 is 12.6. The lowest BCUT2D eigenvalue weighted by Gasteiger charge is -2.37. The van der Waals surface area contributed by atoms with Crippen molar-refractivity contribution in [3.8, 4) is 11.5 Å². The minimum Gasteiger partial charge on any atom is -0.489 e. The fraction of sp³-hybridized carbons (Fsp3) is 0.519. The number of carboxylic acid groups (broad SMARTS) is 1. The molecule has 2 heterocycles. The lowest BCUT2D eigenvalue weighted by atomic mass is 9.94. The maximum atomic E-state index is 10.9. The molecule has 2 aromatic carbocycles. The molecule has 0 amide bonds. The lowest BCUT2D eigenvalue weighted by Crippen LogP contribution is -2.43. The van der Waals surface area contributed by atoms with E-state index in [1.807, 2.05) is 43.3 Å². The zero-order chi connectivity index (χ0) is 24.8. The molecule has 0 spiro atoms. The topological polar surface area (TPSA) is 62.2 Å². The predicted molar refractivity (Wildman–Crippen MR) is 139 cm³/mol. The van der Waals surface area contributed by atoms with Crippen molar-refractivity contribution in [3.63, 3.8) is 0 Å². The Kier molecular flexibility index (Phi) is 9.17. The van der Waals surface area contributed by atoms with Crippen LogP contribution in [0.25, 0.3) is 0 Å². The van der Waals surface area contributed by atoms with Crippen LogP contribution in [0.15, 0.2) is 36.4 Å². The van der Waals surface area contributed by atoms with Gasteiger partial charge >= 0.3 is 5.97 Å². The zero-order valence-electron chi connectivity index (χ0n) is 20.2. The molecular weight excluding hydrogens is 487 g/mol. The molecule has 2 saturated heterocycles. The normalized spacial score (nSPS) is 18.5. The zero-order valence-corrected chi connectivity index (χ0v) is 21.7. The molecule has 0 bridgehead atoms. The molecule has 190 valence electrons. The van der Waals surface area contributed by atoms with E-state index < -0.39 is 5.97 Å². The second kappa shape index (κ2) is 12.3.